The first kappa shape index (κ1) is 14.3. The highest BCUT2D eigenvalue weighted by Crippen LogP contribution is 2.19. The van der Waals surface area contributed by atoms with Crippen molar-refractivity contribution >= 4 is 17.6 Å². The van der Waals surface area contributed by atoms with E-state index >= 15 is 0 Å². The molecule has 0 aliphatic heterocycles. The molecule has 0 radical (unpaired) electrons. The van der Waals surface area contributed by atoms with Crippen molar-refractivity contribution in [2.45, 2.75) is 6.61 Å². The van der Waals surface area contributed by atoms with E-state index in [1.165, 1.54) is 25.3 Å². The molecule has 0 aliphatic carbocycles. The highest BCUT2D eigenvalue weighted by molar-refractivity contribution is 6.31. The van der Waals surface area contributed by atoms with Crippen molar-refractivity contribution in [3.05, 3.63) is 64.4 Å². The van der Waals surface area contributed by atoms with Crippen LogP contribution in [0.25, 0.3) is 0 Å². The van der Waals surface area contributed by atoms with Crippen LogP contribution in [0, 0.1) is 5.82 Å². The lowest BCUT2D eigenvalue weighted by Crippen LogP contribution is -2.05. The Kier molecular flexibility index (Phi) is 4.58. The van der Waals surface area contributed by atoms with Crippen molar-refractivity contribution in [2.24, 2.45) is 0 Å². The Morgan fingerprint density at radius 1 is 1.25 bits per heavy atom. The number of rotatable bonds is 4. The SMILES string of the molecule is COc1cccc(C(=O)OCc2ccc(F)cc2Cl)c1. The minimum Gasteiger partial charge on any atom is -0.497 e. The molecule has 0 saturated carbocycles. The van der Waals surface area contributed by atoms with Gasteiger partial charge in [0.2, 0.25) is 0 Å². The molecule has 0 amide bonds. The summed E-state index contributed by atoms with van der Waals surface area (Å²) in [6.45, 7) is -0.0187. The van der Waals surface area contributed by atoms with Crippen molar-refractivity contribution in [3.63, 3.8) is 0 Å². The molecule has 0 heterocycles. The van der Waals surface area contributed by atoms with Gasteiger partial charge in [0.05, 0.1) is 17.7 Å². The molecule has 5 heteroatoms. The number of ether oxygens (including phenoxy) is 2. The number of halogens is 2. The van der Waals surface area contributed by atoms with Crippen LogP contribution in [0.4, 0.5) is 4.39 Å². The zero-order valence-electron chi connectivity index (χ0n) is 10.7. The third kappa shape index (κ3) is 3.48. The van der Waals surface area contributed by atoms with E-state index in [1.807, 2.05) is 0 Å². The summed E-state index contributed by atoms with van der Waals surface area (Å²) in [4.78, 5) is 11.9. The van der Waals surface area contributed by atoms with Gasteiger partial charge in [-0.2, -0.15) is 0 Å². The van der Waals surface area contributed by atoms with Gasteiger partial charge in [-0.15, -0.1) is 0 Å². The van der Waals surface area contributed by atoms with Crippen LogP contribution in [-0.2, 0) is 11.3 Å². The van der Waals surface area contributed by atoms with E-state index in [0.717, 1.165) is 0 Å². The van der Waals surface area contributed by atoms with Crippen LogP contribution >= 0.6 is 11.6 Å². The molecule has 0 unspecified atom stereocenters. The van der Waals surface area contributed by atoms with E-state index < -0.39 is 11.8 Å². The molecular formula is C15H12ClFO3. The van der Waals surface area contributed by atoms with E-state index in [1.54, 1.807) is 24.3 Å². The van der Waals surface area contributed by atoms with Gasteiger partial charge in [-0.25, -0.2) is 9.18 Å². The molecule has 2 rings (SSSR count). The average molecular weight is 295 g/mol. The Bertz CT molecular complexity index is 628. The molecule has 3 nitrogen and oxygen atoms in total. The summed E-state index contributed by atoms with van der Waals surface area (Å²) in [5, 5.41) is 0.225. The predicted molar refractivity (Wildman–Crippen MR) is 73.5 cm³/mol. The van der Waals surface area contributed by atoms with Crippen LogP contribution in [-0.4, -0.2) is 13.1 Å². The van der Waals surface area contributed by atoms with Gasteiger partial charge >= 0.3 is 5.97 Å². The topological polar surface area (TPSA) is 35.5 Å². The summed E-state index contributed by atoms with van der Waals surface area (Å²) in [6.07, 6.45) is 0. The zero-order valence-corrected chi connectivity index (χ0v) is 11.5. The number of benzene rings is 2. The molecule has 0 spiro atoms. The summed E-state index contributed by atoms with van der Waals surface area (Å²) in [7, 11) is 1.52. The van der Waals surface area contributed by atoms with Crippen LogP contribution < -0.4 is 4.74 Å². The molecule has 104 valence electrons. The van der Waals surface area contributed by atoms with Gasteiger partial charge in [0.15, 0.2) is 0 Å². The molecule has 0 saturated heterocycles. The van der Waals surface area contributed by atoms with Crippen LogP contribution in [0.1, 0.15) is 15.9 Å². The molecule has 20 heavy (non-hydrogen) atoms. The number of carbonyl (C=O) groups excluding carboxylic acids is 1. The average Bonchev–Trinajstić information content (AvgIpc) is 2.46. The summed E-state index contributed by atoms with van der Waals surface area (Å²) < 4.78 is 23.1. The first-order valence-corrected chi connectivity index (χ1v) is 6.23. The van der Waals surface area contributed by atoms with Gasteiger partial charge in [0.1, 0.15) is 18.2 Å². The molecule has 0 aliphatic rings. The monoisotopic (exact) mass is 294 g/mol. The van der Waals surface area contributed by atoms with Crippen LogP contribution in [0.5, 0.6) is 5.75 Å². The van der Waals surface area contributed by atoms with Gasteiger partial charge in [-0.05, 0) is 30.3 Å². The number of esters is 1. The number of methoxy groups -OCH3 is 1. The number of hydrogen-bond acceptors (Lipinski definition) is 3. The lowest BCUT2D eigenvalue weighted by Gasteiger charge is -2.07. The Morgan fingerprint density at radius 2 is 2.05 bits per heavy atom. The first-order valence-electron chi connectivity index (χ1n) is 5.85. The lowest BCUT2D eigenvalue weighted by atomic mass is 10.2. The second-order valence-corrected chi connectivity index (χ2v) is 4.45. The normalized spacial score (nSPS) is 10.2. The fraction of sp³-hybridized carbons (Fsp3) is 0.133. The second kappa shape index (κ2) is 6.39. The lowest BCUT2D eigenvalue weighted by molar-refractivity contribution is 0.0472. The summed E-state index contributed by atoms with van der Waals surface area (Å²) in [5.41, 5.74) is 0.923. The molecule has 0 atom stereocenters. The summed E-state index contributed by atoms with van der Waals surface area (Å²) >= 11 is 5.86. The first-order chi connectivity index (χ1) is 9.60. The maximum absolute atomic E-state index is 12.9. The standard InChI is InChI=1S/C15H12ClFO3/c1-19-13-4-2-3-10(7-13)15(18)20-9-11-5-6-12(17)8-14(11)16/h2-8H,9H2,1H3. The Hall–Kier alpha value is -2.07. The highest BCUT2D eigenvalue weighted by atomic mass is 35.5. The van der Waals surface area contributed by atoms with Crippen LogP contribution in [0.15, 0.2) is 42.5 Å². The maximum Gasteiger partial charge on any atom is 0.338 e. The third-order valence-electron chi connectivity index (χ3n) is 2.68. The van der Waals surface area contributed by atoms with Crippen molar-refractivity contribution in [1.82, 2.24) is 0 Å². The van der Waals surface area contributed by atoms with E-state index in [2.05, 4.69) is 0 Å². The van der Waals surface area contributed by atoms with E-state index in [4.69, 9.17) is 21.1 Å². The second-order valence-electron chi connectivity index (χ2n) is 4.04. The largest absolute Gasteiger partial charge is 0.497 e. The summed E-state index contributed by atoms with van der Waals surface area (Å²) in [5.74, 6) is -0.360. The van der Waals surface area contributed by atoms with Crippen molar-refractivity contribution in [2.75, 3.05) is 7.11 Å². The van der Waals surface area contributed by atoms with E-state index in [-0.39, 0.29) is 11.6 Å². The Balaban J connectivity index is 2.04. The van der Waals surface area contributed by atoms with Gasteiger partial charge in [-0.1, -0.05) is 23.7 Å². The molecule has 2 aromatic rings. The van der Waals surface area contributed by atoms with Gasteiger partial charge in [-0.3, -0.25) is 0 Å². The van der Waals surface area contributed by atoms with E-state index in [9.17, 15) is 9.18 Å². The van der Waals surface area contributed by atoms with Gasteiger partial charge in [0, 0.05) is 5.56 Å². The predicted octanol–water partition coefficient (Wildman–Crippen LogP) is 3.84. The van der Waals surface area contributed by atoms with Gasteiger partial charge < -0.3 is 9.47 Å². The fourth-order valence-corrected chi connectivity index (χ4v) is 1.84. The number of carbonyl (C=O) groups is 1. The van der Waals surface area contributed by atoms with E-state index in [0.29, 0.717) is 16.9 Å². The Labute approximate surface area is 120 Å². The minimum atomic E-state index is -0.496. The quantitative estimate of drug-likeness (QED) is 0.804. The van der Waals surface area contributed by atoms with Crippen molar-refractivity contribution in [3.8, 4) is 5.75 Å². The molecular weight excluding hydrogens is 283 g/mol. The van der Waals surface area contributed by atoms with Crippen LogP contribution in [0.3, 0.4) is 0 Å². The maximum atomic E-state index is 12.9. The molecule has 0 aromatic heterocycles. The van der Waals surface area contributed by atoms with Crippen LogP contribution in [0.2, 0.25) is 5.02 Å². The minimum absolute atomic E-state index is 0.0187. The molecule has 2 aromatic carbocycles. The van der Waals surface area contributed by atoms with Crippen molar-refractivity contribution in [1.29, 1.82) is 0 Å². The Morgan fingerprint density at radius 3 is 2.75 bits per heavy atom. The number of hydrogen-bond donors (Lipinski definition) is 0. The fourth-order valence-electron chi connectivity index (χ4n) is 1.62. The third-order valence-corrected chi connectivity index (χ3v) is 3.03. The molecule has 0 bridgehead atoms. The molecule has 0 fully saturated rings. The van der Waals surface area contributed by atoms with Crippen molar-refractivity contribution < 1.29 is 18.7 Å². The zero-order chi connectivity index (χ0) is 14.5. The smallest absolute Gasteiger partial charge is 0.338 e. The van der Waals surface area contributed by atoms with Gasteiger partial charge in [0.25, 0.3) is 0 Å². The highest BCUT2D eigenvalue weighted by Gasteiger charge is 2.10. The summed E-state index contributed by atoms with van der Waals surface area (Å²) in [6, 6.07) is 10.5. The molecule has 0 N–H and O–H groups in total.